The molecule has 20 heavy (non-hydrogen) atoms. The van der Waals surface area contributed by atoms with E-state index in [1.807, 2.05) is 6.07 Å². The number of nitrogens with zero attached hydrogens (tertiary/aromatic N) is 1. The number of rotatable bonds is 4. The van der Waals surface area contributed by atoms with Gasteiger partial charge in [-0.15, -0.1) is 0 Å². The largest absolute Gasteiger partial charge is 0.320 e. The minimum Gasteiger partial charge on any atom is -0.320 e. The fraction of sp³-hybridized carbons (Fsp3) is 0.0714. The maximum atomic E-state index is 13.1. The third-order valence-corrected chi connectivity index (χ3v) is 2.64. The number of nitro benzene ring substituents is 1. The monoisotopic (exact) mass is 274 g/mol. The number of carbonyl (C=O) groups is 1. The molecule has 0 aliphatic heterocycles. The Balaban J connectivity index is 2.15. The third kappa shape index (κ3) is 3.38. The van der Waals surface area contributed by atoms with Gasteiger partial charge in [-0.1, -0.05) is 30.3 Å². The highest BCUT2D eigenvalue weighted by molar-refractivity contribution is 5.94. The van der Waals surface area contributed by atoms with Crippen LogP contribution in [0, 0.1) is 15.9 Å². The van der Waals surface area contributed by atoms with Gasteiger partial charge in [-0.05, 0) is 11.6 Å². The highest BCUT2D eigenvalue weighted by atomic mass is 19.1. The van der Waals surface area contributed by atoms with Crippen molar-refractivity contribution >= 4 is 17.3 Å². The first-order chi connectivity index (χ1) is 9.56. The van der Waals surface area contributed by atoms with Gasteiger partial charge in [0.1, 0.15) is 11.5 Å². The molecule has 0 saturated carbocycles. The number of amides is 1. The van der Waals surface area contributed by atoms with Crippen LogP contribution in [0.3, 0.4) is 0 Å². The van der Waals surface area contributed by atoms with Crippen molar-refractivity contribution in [2.24, 2.45) is 0 Å². The fourth-order valence-electron chi connectivity index (χ4n) is 1.74. The van der Waals surface area contributed by atoms with Crippen molar-refractivity contribution in [3.63, 3.8) is 0 Å². The molecule has 2 aromatic carbocycles. The van der Waals surface area contributed by atoms with Gasteiger partial charge in [-0.3, -0.25) is 14.9 Å². The number of nitrogens with one attached hydrogen (secondary N) is 1. The summed E-state index contributed by atoms with van der Waals surface area (Å²) >= 11 is 0. The summed E-state index contributed by atoms with van der Waals surface area (Å²) in [4.78, 5) is 21.9. The molecular weight excluding hydrogens is 263 g/mol. The van der Waals surface area contributed by atoms with Crippen molar-refractivity contribution < 1.29 is 14.1 Å². The van der Waals surface area contributed by atoms with Crippen LogP contribution in [0.25, 0.3) is 0 Å². The van der Waals surface area contributed by atoms with E-state index in [-0.39, 0.29) is 17.8 Å². The Hall–Kier alpha value is -2.76. The Morgan fingerprint density at radius 2 is 1.90 bits per heavy atom. The third-order valence-electron chi connectivity index (χ3n) is 2.64. The quantitative estimate of drug-likeness (QED) is 0.688. The summed E-state index contributed by atoms with van der Waals surface area (Å²) in [5.74, 6) is -1.09. The summed E-state index contributed by atoms with van der Waals surface area (Å²) in [6.45, 7) is 0. The normalized spacial score (nSPS) is 10.1. The number of halogens is 1. The Morgan fingerprint density at radius 3 is 2.55 bits per heavy atom. The van der Waals surface area contributed by atoms with E-state index in [1.165, 1.54) is 0 Å². The predicted molar refractivity (Wildman–Crippen MR) is 71.8 cm³/mol. The Labute approximate surface area is 114 Å². The van der Waals surface area contributed by atoms with Crippen molar-refractivity contribution in [1.29, 1.82) is 0 Å². The number of hydrogen-bond donors (Lipinski definition) is 1. The van der Waals surface area contributed by atoms with Crippen molar-refractivity contribution in [3.8, 4) is 0 Å². The highest BCUT2D eigenvalue weighted by Gasteiger charge is 2.16. The van der Waals surface area contributed by atoms with Gasteiger partial charge in [0.2, 0.25) is 5.91 Å². The molecule has 1 amide bonds. The predicted octanol–water partition coefficient (Wildman–Crippen LogP) is 2.92. The number of carbonyl (C=O) groups excluding carboxylic acids is 1. The van der Waals surface area contributed by atoms with Crippen LogP contribution < -0.4 is 5.32 Å². The van der Waals surface area contributed by atoms with Crippen LogP contribution >= 0.6 is 0 Å². The van der Waals surface area contributed by atoms with E-state index in [0.717, 1.165) is 23.8 Å². The second-order valence-corrected chi connectivity index (χ2v) is 4.13. The smallest absolute Gasteiger partial charge is 0.292 e. The van der Waals surface area contributed by atoms with Crippen LogP contribution in [0.2, 0.25) is 0 Å². The van der Waals surface area contributed by atoms with Gasteiger partial charge in [0.15, 0.2) is 0 Å². The molecule has 0 atom stereocenters. The van der Waals surface area contributed by atoms with Gasteiger partial charge in [-0.2, -0.15) is 0 Å². The maximum Gasteiger partial charge on any atom is 0.292 e. The summed E-state index contributed by atoms with van der Waals surface area (Å²) < 4.78 is 13.1. The molecule has 102 valence electrons. The molecule has 2 aromatic rings. The van der Waals surface area contributed by atoms with E-state index in [2.05, 4.69) is 5.32 Å². The van der Waals surface area contributed by atoms with Gasteiger partial charge in [-0.25, -0.2) is 4.39 Å². The van der Waals surface area contributed by atoms with Crippen molar-refractivity contribution in [2.75, 3.05) is 5.32 Å². The average molecular weight is 274 g/mol. The topological polar surface area (TPSA) is 72.2 Å². The number of hydrogen-bond acceptors (Lipinski definition) is 3. The van der Waals surface area contributed by atoms with E-state index in [1.54, 1.807) is 24.3 Å². The summed E-state index contributed by atoms with van der Waals surface area (Å²) in [6.07, 6.45) is 0.0640. The minimum atomic E-state index is -0.669. The van der Waals surface area contributed by atoms with Crippen LogP contribution in [-0.4, -0.2) is 10.8 Å². The molecular formula is C14H11FN2O3. The minimum absolute atomic E-state index is 0.0640. The Bertz CT molecular complexity index is 644. The fourth-order valence-corrected chi connectivity index (χ4v) is 1.74. The molecule has 5 nitrogen and oxygen atoms in total. The standard InChI is InChI=1S/C14H11FN2O3/c15-11-6-7-13(17(19)20)12(9-11)16-14(18)8-10-4-2-1-3-5-10/h1-7,9H,8H2,(H,16,18). The first-order valence-corrected chi connectivity index (χ1v) is 5.84. The molecule has 0 saturated heterocycles. The highest BCUT2D eigenvalue weighted by Crippen LogP contribution is 2.25. The first-order valence-electron chi connectivity index (χ1n) is 5.84. The van der Waals surface area contributed by atoms with Crippen LogP contribution in [0.5, 0.6) is 0 Å². The van der Waals surface area contributed by atoms with E-state index < -0.39 is 16.6 Å². The number of benzene rings is 2. The zero-order valence-electron chi connectivity index (χ0n) is 10.4. The molecule has 0 aromatic heterocycles. The Morgan fingerprint density at radius 1 is 1.20 bits per heavy atom. The van der Waals surface area contributed by atoms with E-state index in [4.69, 9.17) is 0 Å². The van der Waals surface area contributed by atoms with Crippen molar-refractivity contribution in [1.82, 2.24) is 0 Å². The maximum absolute atomic E-state index is 13.1. The van der Waals surface area contributed by atoms with Crippen LogP contribution in [0.1, 0.15) is 5.56 Å². The number of anilines is 1. The van der Waals surface area contributed by atoms with Crippen LogP contribution in [-0.2, 0) is 11.2 Å². The molecule has 0 unspecified atom stereocenters. The molecule has 2 rings (SSSR count). The van der Waals surface area contributed by atoms with Gasteiger partial charge < -0.3 is 5.32 Å². The summed E-state index contributed by atoms with van der Waals surface area (Å²) in [7, 11) is 0. The lowest BCUT2D eigenvalue weighted by molar-refractivity contribution is -0.384. The SMILES string of the molecule is O=C(Cc1ccccc1)Nc1cc(F)ccc1[N+](=O)[O-]. The summed E-state index contributed by atoms with van der Waals surface area (Å²) in [5.41, 5.74) is 0.285. The lowest BCUT2D eigenvalue weighted by atomic mass is 10.1. The lowest BCUT2D eigenvalue weighted by Gasteiger charge is -2.06. The molecule has 0 bridgehead atoms. The van der Waals surface area contributed by atoms with Crippen molar-refractivity contribution in [2.45, 2.75) is 6.42 Å². The zero-order chi connectivity index (χ0) is 14.5. The van der Waals surface area contributed by atoms with Crippen molar-refractivity contribution in [3.05, 3.63) is 70.0 Å². The molecule has 0 spiro atoms. The van der Waals surface area contributed by atoms with Gasteiger partial charge in [0.25, 0.3) is 5.69 Å². The summed E-state index contributed by atoms with van der Waals surface area (Å²) in [5, 5.41) is 13.2. The zero-order valence-corrected chi connectivity index (χ0v) is 10.4. The molecule has 6 heteroatoms. The van der Waals surface area contributed by atoms with Gasteiger partial charge in [0.05, 0.1) is 11.3 Å². The van der Waals surface area contributed by atoms with E-state index in [9.17, 15) is 19.3 Å². The second kappa shape index (κ2) is 5.92. The van der Waals surface area contributed by atoms with Crippen LogP contribution in [0.4, 0.5) is 15.8 Å². The first kappa shape index (κ1) is 13.7. The molecule has 0 fully saturated rings. The van der Waals surface area contributed by atoms with Gasteiger partial charge >= 0.3 is 0 Å². The summed E-state index contributed by atoms with van der Waals surface area (Å²) in [6, 6.07) is 11.8. The van der Waals surface area contributed by atoms with E-state index >= 15 is 0 Å². The molecule has 0 aliphatic rings. The van der Waals surface area contributed by atoms with Gasteiger partial charge in [0, 0.05) is 12.1 Å². The molecule has 1 N–H and O–H groups in total. The average Bonchev–Trinajstić information content (AvgIpc) is 2.39. The molecule has 0 radical (unpaired) electrons. The lowest BCUT2D eigenvalue weighted by Crippen LogP contribution is -2.15. The second-order valence-electron chi connectivity index (χ2n) is 4.13. The molecule has 0 heterocycles. The van der Waals surface area contributed by atoms with E-state index in [0.29, 0.717) is 0 Å². The van der Waals surface area contributed by atoms with Crippen LogP contribution in [0.15, 0.2) is 48.5 Å². The number of nitro groups is 1. The Kier molecular flexibility index (Phi) is 4.05. The molecule has 0 aliphatic carbocycles.